The Kier molecular flexibility index (Phi) is 7.86. The maximum atomic E-state index is 13.0. The molecule has 1 aromatic heterocycles. The maximum absolute atomic E-state index is 13.0. The molecule has 1 aromatic rings. The third-order valence-corrected chi connectivity index (χ3v) is 4.22. The first-order valence-electron chi connectivity index (χ1n) is 9.27. The van der Waals surface area contributed by atoms with Crippen LogP contribution in [0.2, 0.25) is 0 Å². The van der Waals surface area contributed by atoms with Crippen molar-refractivity contribution in [3.05, 3.63) is 32.6 Å². The van der Waals surface area contributed by atoms with Crippen molar-refractivity contribution in [1.82, 2.24) is 9.55 Å². The average molecular weight is 432 g/mol. The lowest BCUT2D eigenvalue weighted by molar-refractivity contribution is -0.148. The molecule has 0 bridgehead atoms. The second-order valence-corrected chi connectivity index (χ2v) is 7.18. The molecule has 8 nitrogen and oxygen atoms in total. The minimum atomic E-state index is -4.94. The van der Waals surface area contributed by atoms with E-state index in [9.17, 15) is 27.6 Å². The molecule has 1 saturated heterocycles. The molecule has 1 fully saturated rings. The van der Waals surface area contributed by atoms with Crippen molar-refractivity contribution >= 4 is 5.97 Å². The normalized spacial score (nSPS) is 21.4. The number of hydrogen-bond acceptors (Lipinski definition) is 6. The van der Waals surface area contributed by atoms with Gasteiger partial charge in [0.05, 0.1) is 6.10 Å². The predicted molar refractivity (Wildman–Crippen MR) is 98.5 cm³/mol. The number of alkyl halides is 3. The number of halogens is 3. The molecule has 0 aromatic carbocycles. The number of ether oxygens (including phenoxy) is 3. The Morgan fingerprint density at radius 3 is 2.67 bits per heavy atom. The van der Waals surface area contributed by atoms with Crippen molar-refractivity contribution in [1.29, 1.82) is 0 Å². The first-order chi connectivity index (χ1) is 14.0. The summed E-state index contributed by atoms with van der Waals surface area (Å²) in [6.45, 7) is 5.05. The highest BCUT2D eigenvalue weighted by Crippen LogP contribution is 2.32. The molecule has 2 heterocycles. The standard InChI is InChI=1S/C19H23F3N2O6/c1-11(2)6-4-5-7-28-14-8-16(30-15(14)10-29-12(3)25)24-9-13(19(20,21)22)17(26)23-18(24)27/h9,11,14-16H,6-8,10H2,1-3H3,(H,23,26,27)/t14-,15+,16+/m0/s1. The zero-order chi connectivity index (χ0) is 22.5. The average Bonchev–Trinajstić information content (AvgIpc) is 3.01. The van der Waals surface area contributed by atoms with Crippen LogP contribution < -0.4 is 11.2 Å². The van der Waals surface area contributed by atoms with Gasteiger partial charge in [-0.3, -0.25) is 19.1 Å². The maximum Gasteiger partial charge on any atom is 0.423 e. The lowest BCUT2D eigenvalue weighted by Gasteiger charge is -2.18. The van der Waals surface area contributed by atoms with E-state index in [0.29, 0.717) is 23.1 Å². The molecule has 2 rings (SSSR count). The van der Waals surface area contributed by atoms with Gasteiger partial charge in [0.1, 0.15) is 31.1 Å². The number of hydrogen-bond donors (Lipinski definition) is 1. The van der Waals surface area contributed by atoms with E-state index in [4.69, 9.17) is 14.2 Å². The summed E-state index contributed by atoms with van der Waals surface area (Å²) in [4.78, 5) is 36.3. The van der Waals surface area contributed by atoms with Crippen LogP contribution in [0.5, 0.6) is 0 Å². The van der Waals surface area contributed by atoms with Crippen LogP contribution >= 0.6 is 0 Å². The number of carbonyl (C=O) groups excluding carboxylic acids is 1. The molecule has 0 saturated carbocycles. The third-order valence-electron chi connectivity index (χ3n) is 4.22. The topological polar surface area (TPSA) is 99.6 Å². The van der Waals surface area contributed by atoms with Crippen LogP contribution in [0.1, 0.15) is 45.4 Å². The molecule has 0 unspecified atom stereocenters. The Morgan fingerprint density at radius 1 is 1.37 bits per heavy atom. The minimum Gasteiger partial charge on any atom is -0.463 e. The number of nitrogens with one attached hydrogen (secondary N) is 1. The Hall–Kier alpha value is -2.58. The molecule has 1 aliphatic heterocycles. The van der Waals surface area contributed by atoms with E-state index in [1.54, 1.807) is 4.98 Å². The van der Waals surface area contributed by atoms with Crippen LogP contribution in [0.4, 0.5) is 13.2 Å². The summed E-state index contributed by atoms with van der Waals surface area (Å²) in [5, 5.41) is 0. The highest BCUT2D eigenvalue weighted by Gasteiger charge is 2.40. The number of aromatic amines is 1. The molecule has 1 N–H and O–H groups in total. The Balaban J connectivity index is 2.21. The van der Waals surface area contributed by atoms with Gasteiger partial charge in [0, 0.05) is 26.0 Å². The van der Waals surface area contributed by atoms with Crippen LogP contribution in [0, 0.1) is 17.8 Å². The largest absolute Gasteiger partial charge is 0.463 e. The molecule has 30 heavy (non-hydrogen) atoms. The molecular weight excluding hydrogens is 409 g/mol. The summed E-state index contributed by atoms with van der Waals surface area (Å²) in [6.07, 6.45) is -6.50. The SMILES string of the molecule is CC(=O)OC[C@H]1O[C@@H](n2cc(C(F)(F)F)c(=O)[nH]c2=O)C[C@@H]1OCC#CCC(C)C. The Morgan fingerprint density at radius 2 is 2.07 bits per heavy atom. The fourth-order valence-electron chi connectivity index (χ4n) is 2.77. The van der Waals surface area contributed by atoms with Crippen molar-refractivity contribution in [3.63, 3.8) is 0 Å². The molecule has 3 atom stereocenters. The van der Waals surface area contributed by atoms with Crippen LogP contribution in [-0.4, -0.2) is 40.9 Å². The van der Waals surface area contributed by atoms with E-state index >= 15 is 0 Å². The highest BCUT2D eigenvalue weighted by atomic mass is 19.4. The molecule has 0 amide bonds. The van der Waals surface area contributed by atoms with Crippen molar-refractivity contribution in [3.8, 4) is 11.8 Å². The van der Waals surface area contributed by atoms with Crippen LogP contribution in [0.15, 0.2) is 15.8 Å². The van der Waals surface area contributed by atoms with Crippen LogP contribution in [-0.2, 0) is 25.2 Å². The lowest BCUT2D eigenvalue weighted by atomic mass is 10.1. The quantitative estimate of drug-likeness (QED) is 0.544. The van der Waals surface area contributed by atoms with Gasteiger partial charge in [-0.1, -0.05) is 19.8 Å². The number of carbonyl (C=O) groups is 1. The molecule has 166 valence electrons. The van der Waals surface area contributed by atoms with Crippen molar-refractivity contribution in [2.75, 3.05) is 13.2 Å². The zero-order valence-electron chi connectivity index (χ0n) is 16.7. The monoisotopic (exact) mass is 432 g/mol. The van der Waals surface area contributed by atoms with Gasteiger partial charge in [-0.25, -0.2) is 4.79 Å². The van der Waals surface area contributed by atoms with Crippen molar-refractivity contribution in [2.24, 2.45) is 5.92 Å². The molecule has 0 radical (unpaired) electrons. The summed E-state index contributed by atoms with van der Waals surface area (Å²) in [5.74, 6) is 5.59. The fraction of sp³-hybridized carbons (Fsp3) is 0.632. The van der Waals surface area contributed by atoms with Gasteiger partial charge in [0.25, 0.3) is 5.56 Å². The van der Waals surface area contributed by atoms with E-state index in [2.05, 4.69) is 11.8 Å². The third kappa shape index (κ3) is 6.47. The minimum absolute atomic E-state index is 0.00103. The highest BCUT2D eigenvalue weighted by molar-refractivity contribution is 5.65. The predicted octanol–water partition coefficient (Wildman–Crippen LogP) is 1.84. The van der Waals surface area contributed by atoms with Gasteiger partial charge in [-0.15, -0.1) is 5.92 Å². The molecular formula is C19H23F3N2O6. The number of esters is 1. The van der Waals surface area contributed by atoms with E-state index < -0.39 is 47.4 Å². The summed E-state index contributed by atoms with van der Waals surface area (Å²) < 4.78 is 55.9. The number of nitrogens with zero attached hydrogens (tertiary/aromatic N) is 1. The smallest absolute Gasteiger partial charge is 0.423 e. The fourth-order valence-corrected chi connectivity index (χ4v) is 2.77. The summed E-state index contributed by atoms with van der Waals surface area (Å²) in [7, 11) is 0. The lowest BCUT2D eigenvalue weighted by Crippen LogP contribution is -2.36. The summed E-state index contributed by atoms with van der Waals surface area (Å²) in [5.41, 5.74) is -4.11. The number of aromatic nitrogens is 2. The van der Waals surface area contributed by atoms with Gasteiger partial charge in [0.2, 0.25) is 0 Å². The van der Waals surface area contributed by atoms with Gasteiger partial charge < -0.3 is 14.2 Å². The van der Waals surface area contributed by atoms with Gasteiger partial charge in [-0.2, -0.15) is 13.2 Å². The first-order valence-corrected chi connectivity index (χ1v) is 9.27. The summed E-state index contributed by atoms with van der Waals surface area (Å²) in [6, 6.07) is 0. The second kappa shape index (κ2) is 9.95. The van der Waals surface area contributed by atoms with Crippen LogP contribution in [0.3, 0.4) is 0 Å². The molecule has 1 aliphatic rings. The Labute approximate surface area is 170 Å². The van der Waals surface area contributed by atoms with Gasteiger partial charge in [-0.05, 0) is 5.92 Å². The first kappa shape index (κ1) is 23.7. The summed E-state index contributed by atoms with van der Waals surface area (Å²) >= 11 is 0. The molecule has 0 aliphatic carbocycles. The number of rotatable bonds is 6. The van der Waals surface area contributed by atoms with E-state index in [1.165, 1.54) is 6.92 Å². The molecule has 11 heteroatoms. The van der Waals surface area contributed by atoms with Gasteiger partial charge >= 0.3 is 17.8 Å². The van der Waals surface area contributed by atoms with E-state index in [0.717, 1.165) is 0 Å². The molecule has 0 spiro atoms. The van der Waals surface area contributed by atoms with Crippen LogP contribution in [0.25, 0.3) is 0 Å². The second-order valence-electron chi connectivity index (χ2n) is 7.18. The van der Waals surface area contributed by atoms with E-state index in [-0.39, 0.29) is 19.6 Å². The van der Waals surface area contributed by atoms with Gasteiger partial charge in [0.15, 0.2) is 0 Å². The zero-order valence-corrected chi connectivity index (χ0v) is 16.7. The van der Waals surface area contributed by atoms with E-state index in [1.807, 2.05) is 13.8 Å². The van der Waals surface area contributed by atoms with Crippen molar-refractivity contribution in [2.45, 2.75) is 58.2 Å². The van der Waals surface area contributed by atoms with Crippen molar-refractivity contribution < 1.29 is 32.2 Å². The number of H-pyrrole nitrogens is 1. The Bertz CT molecular complexity index is 925.